The van der Waals surface area contributed by atoms with Gasteiger partial charge in [-0.2, -0.15) is 0 Å². The first kappa shape index (κ1) is 16.0. The summed E-state index contributed by atoms with van der Waals surface area (Å²) < 4.78 is 6.46. The van der Waals surface area contributed by atoms with Crippen molar-refractivity contribution in [3.63, 3.8) is 0 Å². The molecule has 0 radical (unpaired) electrons. The number of halogens is 1. The zero-order valence-electron chi connectivity index (χ0n) is 12.6. The second-order valence-corrected chi connectivity index (χ2v) is 7.13. The molecule has 0 aromatic heterocycles. The molecule has 22 heavy (non-hydrogen) atoms. The Hall–Kier alpha value is -0.910. The molecule has 2 aliphatic rings. The molecular formula is C17H22BrNO3. The number of hydrogen-bond donors (Lipinski definition) is 1. The topological polar surface area (TPSA) is 49.8 Å². The van der Waals surface area contributed by atoms with E-state index < -0.39 is 5.97 Å². The number of carboxylic acid groups (broad SMARTS) is 1. The highest BCUT2D eigenvalue weighted by Gasteiger charge is 2.38. The zero-order chi connectivity index (χ0) is 15.5. The van der Waals surface area contributed by atoms with Gasteiger partial charge in [-0.25, -0.2) is 0 Å². The Morgan fingerprint density at radius 1 is 1.18 bits per heavy atom. The van der Waals surface area contributed by atoms with E-state index in [-0.39, 0.29) is 11.8 Å². The molecule has 1 aliphatic heterocycles. The Kier molecular flexibility index (Phi) is 5.16. The first-order valence-electron chi connectivity index (χ1n) is 7.95. The molecule has 3 rings (SSSR count). The van der Waals surface area contributed by atoms with Gasteiger partial charge in [0.15, 0.2) is 0 Å². The molecule has 3 atom stereocenters. The summed E-state index contributed by atoms with van der Waals surface area (Å²) in [5.41, 5.74) is 1.15. The predicted molar refractivity (Wildman–Crippen MR) is 88.0 cm³/mol. The molecule has 1 aliphatic carbocycles. The van der Waals surface area contributed by atoms with E-state index in [9.17, 15) is 9.90 Å². The van der Waals surface area contributed by atoms with Gasteiger partial charge in [-0.15, -0.1) is 0 Å². The number of rotatable bonds is 3. The van der Waals surface area contributed by atoms with Crippen LogP contribution in [0.5, 0.6) is 0 Å². The molecule has 120 valence electrons. The highest BCUT2D eigenvalue weighted by atomic mass is 79.9. The lowest BCUT2D eigenvalue weighted by Gasteiger charge is -2.41. The number of hydrogen-bond acceptors (Lipinski definition) is 3. The van der Waals surface area contributed by atoms with Gasteiger partial charge in [0, 0.05) is 23.6 Å². The normalized spacial score (nSPS) is 30.1. The van der Waals surface area contributed by atoms with Gasteiger partial charge >= 0.3 is 5.97 Å². The molecule has 2 fully saturated rings. The monoisotopic (exact) mass is 367 g/mol. The molecule has 5 heteroatoms. The Morgan fingerprint density at radius 3 is 2.50 bits per heavy atom. The summed E-state index contributed by atoms with van der Waals surface area (Å²) in [5, 5.41) is 9.58. The molecule has 0 amide bonds. The number of morpholine rings is 1. The highest BCUT2D eigenvalue weighted by Crippen LogP contribution is 2.40. The van der Waals surface area contributed by atoms with E-state index in [4.69, 9.17) is 4.74 Å². The lowest BCUT2D eigenvalue weighted by Crippen LogP contribution is -2.47. The van der Waals surface area contributed by atoms with Crippen LogP contribution in [0.4, 0.5) is 0 Å². The fourth-order valence-corrected chi connectivity index (χ4v) is 4.06. The van der Waals surface area contributed by atoms with Crippen molar-refractivity contribution in [1.29, 1.82) is 0 Å². The highest BCUT2D eigenvalue weighted by molar-refractivity contribution is 9.10. The molecule has 1 aromatic rings. The van der Waals surface area contributed by atoms with Gasteiger partial charge in [-0.3, -0.25) is 9.69 Å². The van der Waals surface area contributed by atoms with E-state index in [1.807, 2.05) is 12.1 Å². The summed E-state index contributed by atoms with van der Waals surface area (Å²) >= 11 is 3.45. The molecule has 0 bridgehead atoms. The van der Waals surface area contributed by atoms with Crippen LogP contribution in [0.2, 0.25) is 0 Å². The van der Waals surface area contributed by atoms with Crippen molar-refractivity contribution in [2.24, 2.45) is 5.92 Å². The smallest absolute Gasteiger partial charge is 0.307 e. The SMILES string of the molecule is O=C(O)[C@@H]1CC[C@@H](N2CCOCC2)C[C@H]1c1ccc(Br)cc1. The van der Waals surface area contributed by atoms with E-state index in [1.165, 1.54) is 0 Å². The predicted octanol–water partition coefficient (Wildman–Crippen LogP) is 3.12. The van der Waals surface area contributed by atoms with Crippen molar-refractivity contribution < 1.29 is 14.6 Å². The third-order valence-electron chi connectivity index (χ3n) is 5.00. The molecule has 0 unspecified atom stereocenters. The second-order valence-electron chi connectivity index (χ2n) is 6.22. The number of aliphatic carboxylic acids is 1. The van der Waals surface area contributed by atoms with Crippen LogP contribution in [0.25, 0.3) is 0 Å². The Bertz CT molecular complexity index is 513. The number of carboxylic acids is 1. The van der Waals surface area contributed by atoms with Crippen molar-refractivity contribution in [2.45, 2.75) is 31.2 Å². The molecule has 1 saturated carbocycles. The van der Waals surface area contributed by atoms with Gasteiger partial charge in [-0.05, 0) is 42.9 Å². The maximum atomic E-state index is 11.6. The molecule has 0 spiro atoms. The summed E-state index contributed by atoms with van der Waals surface area (Å²) in [4.78, 5) is 14.1. The molecule has 1 aromatic carbocycles. The molecule has 4 nitrogen and oxygen atoms in total. The Morgan fingerprint density at radius 2 is 1.86 bits per heavy atom. The van der Waals surface area contributed by atoms with Gasteiger partial charge in [0.25, 0.3) is 0 Å². The summed E-state index contributed by atoms with van der Waals surface area (Å²) in [6.07, 6.45) is 2.67. The number of nitrogens with zero attached hydrogens (tertiary/aromatic N) is 1. The average molecular weight is 368 g/mol. The van der Waals surface area contributed by atoms with Crippen LogP contribution in [-0.2, 0) is 9.53 Å². The Balaban J connectivity index is 1.78. The number of benzene rings is 1. The van der Waals surface area contributed by atoms with Crippen LogP contribution in [-0.4, -0.2) is 48.3 Å². The van der Waals surface area contributed by atoms with Crippen molar-refractivity contribution in [3.8, 4) is 0 Å². The van der Waals surface area contributed by atoms with Gasteiger partial charge in [0.1, 0.15) is 0 Å². The van der Waals surface area contributed by atoms with Gasteiger partial charge in [-0.1, -0.05) is 28.1 Å². The summed E-state index contributed by atoms with van der Waals surface area (Å²) in [7, 11) is 0. The zero-order valence-corrected chi connectivity index (χ0v) is 14.2. The van der Waals surface area contributed by atoms with Crippen LogP contribution < -0.4 is 0 Å². The van der Waals surface area contributed by atoms with E-state index in [1.54, 1.807) is 0 Å². The fraction of sp³-hybridized carbons (Fsp3) is 0.588. The summed E-state index contributed by atoms with van der Waals surface area (Å²) in [6.45, 7) is 3.52. The minimum absolute atomic E-state index is 0.104. The van der Waals surface area contributed by atoms with E-state index >= 15 is 0 Å². The molecular weight excluding hydrogens is 346 g/mol. The van der Waals surface area contributed by atoms with E-state index in [0.29, 0.717) is 6.04 Å². The quantitative estimate of drug-likeness (QED) is 0.891. The Labute approximate surface area is 139 Å². The van der Waals surface area contributed by atoms with Crippen molar-refractivity contribution in [3.05, 3.63) is 34.3 Å². The minimum Gasteiger partial charge on any atom is -0.481 e. The van der Waals surface area contributed by atoms with E-state index in [0.717, 1.165) is 55.6 Å². The van der Waals surface area contributed by atoms with Crippen molar-refractivity contribution in [1.82, 2.24) is 4.90 Å². The summed E-state index contributed by atoms with van der Waals surface area (Å²) in [5.74, 6) is -0.820. The van der Waals surface area contributed by atoms with Gasteiger partial charge < -0.3 is 9.84 Å². The van der Waals surface area contributed by atoms with Crippen LogP contribution in [0.1, 0.15) is 30.7 Å². The molecule has 1 N–H and O–H groups in total. The van der Waals surface area contributed by atoms with Gasteiger partial charge in [0.05, 0.1) is 19.1 Å². The van der Waals surface area contributed by atoms with Crippen molar-refractivity contribution in [2.75, 3.05) is 26.3 Å². The minimum atomic E-state index is -0.659. The average Bonchev–Trinajstić information content (AvgIpc) is 2.56. The van der Waals surface area contributed by atoms with Crippen molar-refractivity contribution >= 4 is 21.9 Å². The van der Waals surface area contributed by atoms with E-state index in [2.05, 4.69) is 33.0 Å². The molecule has 1 saturated heterocycles. The van der Waals surface area contributed by atoms with Crippen LogP contribution in [0, 0.1) is 5.92 Å². The maximum absolute atomic E-state index is 11.6. The maximum Gasteiger partial charge on any atom is 0.307 e. The largest absolute Gasteiger partial charge is 0.481 e. The number of carbonyl (C=O) groups is 1. The van der Waals surface area contributed by atoms with Crippen LogP contribution >= 0.6 is 15.9 Å². The second kappa shape index (κ2) is 7.11. The standard InChI is InChI=1S/C17H22BrNO3/c18-13-3-1-12(2-4-13)16-11-14(5-6-15(16)17(20)21)19-7-9-22-10-8-19/h1-4,14-16H,5-11H2,(H,20,21)/t14-,15-,16+/m1/s1. The van der Waals surface area contributed by atoms with Crippen LogP contribution in [0.3, 0.4) is 0 Å². The lowest BCUT2D eigenvalue weighted by atomic mass is 9.73. The lowest BCUT2D eigenvalue weighted by molar-refractivity contribution is -0.144. The summed E-state index contributed by atoms with van der Waals surface area (Å²) in [6, 6.07) is 8.62. The molecule has 1 heterocycles. The third kappa shape index (κ3) is 3.53. The first-order chi connectivity index (χ1) is 10.6. The first-order valence-corrected chi connectivity index (χ1v) is 8.74. The fourth-order valence-electron chi connectivity index (χ4n) is 3.80. The third-order valence-corrected chi connectivity index (χ3v) is 5.53. The number of ether oxygens (including phenoxy) is 1. The van der Waals surface area contributed by atoms with Crippen LogP contribution in [0.15, 0.2) is 28.7 Å². The van der Waals surface area contributed by atoms with Gasteiger partial charge in [0.2, 0.25) is 0 Å².